The van der Waals surface area contributed by atoms with Crippen molar-refractivity contribution < 1.29 is 9.47 Å². The van der Waals surface area contributed by atoms with E-state index >= 15 is 0 Å². The van der Waals surface area contributed by atoms with Gasteiger partial charge in [0, 0.05) is 24.1 Å². The van der Waals surface area contributed by atoms with Gasteiger partial charge in [-0.1, -0.05) is 23.2 Å². The fourth-order valence-electron chi connectivity index (χ4n) is 1.70. The van der Waals surface area contributed by atoms with Crippen molar-refractivity contribution in [2.24, 2.45) is 0 Å². The minimum atomic E-state index is -0.102. The summed E-state index contributed by atoms with van der Waals surface area (Å²) in [6, 6.07) is 3.39. The van der Waals surface area contributed by atoms with Crippen molar-refractivity contribution >= 4 is 50.7 Å². The zero-order valence-corrected chi connectivity index (χ0v) is 12.8. The summed E-state index contributed by atoms with van der Waals surface area (Å²) in [7, 11) is 1.62. The summed E-state index contributed by atoms with van der Waals surface area (Å²) in [4.78, 5) is 0. The van der Waals surface area contributed by atoms with Crippen molar-refractivity contribution in [2.75, 3.05) is 7.11 Å². The number of ether oxygens (including phenoxy) is 2. The summed E-state index contributed by atoms with van der Waals surface area (Å²) in [5.74, 6) is 0.551. The Bertz CT molecular complexity index is 427. The summed E-state index contributed by atoms with van der Waals surface area (Å²) >= 11 is 21.3. The van der Waals surface area contributed by atoms with Crippen LogP contribution < -0.4 is 4.74 Å². The molecule has 17 heavy (non-hydrogen) atoms. The molecule has 2 rings (SSSR count). The highest BCUT2D eigenvalue weighted by Crippen LogP contribution is 2.38. The molecule has 0 heterocycles. The number of alkyl halides is 1. The van der Waals surface area contributed by atoms with E-state index in [1.807, 2.05) is 0 Å². The van der Waals surface area contributed by atoms with Crippen LogP contribution in [-0.4, -0.2) is 24.7 Å². The van der Waals surface area contributed by atoms with E-state index in [-0.39, 0.29) is 17.6 Å². The van der Waals surface area contributed by atoms with Crippen LogP contribution in [0.5, 0.6) is 5.75 Å². The quantitative estimate of drug-likeness (QED) is 0.582. The molecule has 1 aliphatic rings. The first-order valence-corrected chi connectivity index (χ1v) is 6.99. The van der Waals surface area contributed by atoms with Crippen LogP contribution in [0, 0.1) is 0 Å². The minimum absolute atomic E-state index is 0.00491. The van der Waals surface area contributed by atoms with Crippen LogP contribution in [0.15, 0.2) is 16.6 Å². The van der Waals surface area contributed by atoms with Gasteiger partial charge in [0.2, 0.25) is 0 Å². The molecular formula is C11H10BrCl3O2. The van der Waals surface area contributed by atoms with Crippen LogP contribution in [0.1, 0.15) is 6.42 Å². The summed E-state index contributed by atoms with van der Waals surface area (Å²) in [5.41, 5.74) is 0. The second kappa shape index (κ2) is 5.54. The average Bonchev–Trinajstić information content (AvgIpc) is 2.25. The number of benzene rings is 1. The Morgan fingerprint density at radius 2 is 2.00 bits per heavy atom. The molecule has 0 aromatic heterocycles. The van der Waals surface area contributed by atoms with Crippen LogP contribution in [0.3, 0.4) is 0 Å². The first-order valence-electron chi connectivity index (χ1n) is 5.01. The number of methoxy groups -OCH3 is 1. The van der Waals surface area contributed by atoms with Gasteiger partial charge in [0.15, 0.2) is 0 Å². The number of rotatable bonds is 3. The molecule has 6 heteroatoms. The van der Waals surface area contributed by atoms with Crippen molar-refractivity contribution in [1.29, 1.82) is 0 Å². The maximum atomic E-state index is 6.07. The first-order chi connectivity index (χ1) is 8.02. The van der Waals surface area contributed by atoms with E-state index in [0.717, 1.165) is 10.9 Å². The van der Waals surface area contributed by atoms with E-state index < -0.39 is 0 Å². The normalized spacial score (nSPS) is 27.7. The average molecular weight is 360 g/mol. The number of hydrogen-bond donors (Lipinski definition) is 0. The standard InChI is InChI=1S/C11H10BrCl3O2/c1-16-11-8(15)4-10(11)17-9-3-6(13)5(12)2-7(9)14/h2-3,8,10-11H,4H2,1H3. The van der Waals surface area contributed by atoms with Gasteiger partial charge in [0.1, 0.15) is 18.0 Å². The molecule has 0 N–H and O–H groups in total. The van der Waals surface area contributed by atoms with Crippen molar-refractivity contribution in [3.05, 3.63) is 26.7 Å². The lowest BCUT2D eigenvalue weighted by Gasteiger charge is -2.39. The Morgan fingerprint density at radius 1 is 1.29 bits per heavy atom. The molecule has 0 aliphatic heterocycles. The van der Waals surface area contributed by atoms with E-state index in [1.165, 1.54) is 0 Å². The molecular weight excluding hydrogens is 350 g/mol. The van der Waals surface area contributed by atoms with Gasteiger partial charge in [-0.05, 0) is 22.0 Å². The predicted octanol–water partition coefficient (Wildman–Crippen LogP) is 4.53. The molecule has 0 radical (unpaired) electrons. The molecule has 2 nitrogen and oxygen atoms in total. The summed E-state index contributed by atoms with van der Waals surface area (Å²) in [6.45, 7) is 0. The van der Waals surface area contributed by atoms with Gasteiger partial charge in [-0.2, -0.15) is 0 Å². The molecule has 3 unspecified atom stereocenters. The zero-order valence-electron chi connectivity index (χ0n) is 8.92. The monoisotopic (exact) mass is 358 g/mol. The molecule has 0 amide bonds. The smallest absolute Gasteiger partial charge is 0.140 e. The molecule has 1 aromatic carbocycles. The van der Waals surface area contributed by atoms with Crippen LogP contribution in [0.2, 0.25) is 10.0 Å². The summed E-state index contributed by atoms with van der Waals surface area (Å²) in [6.07, 6.45) is 0.566. The fraction of sp³-hybridized carbons (Fsp3) is 0.455. The van der Waals surface area contributed by atoms with Crippen LogP contribution in [-0.2, 0) is 4.74 Å². The zero-order chi connectivity index (χ0) is 12.6. The van der Waals surface area contributed by atoms with E-state index in [2.05, 4.69) is 15.9 Å². The highest BCUT2D eigenvalue weighted by Gasteiger charge is 2.42. The third kappa shape index (κ3) is 2.85. The topological polar surface area (TPSA) is 18.5 Å². The SMILES string of the molecule is COC1C(Cl)CC1Oc1cc(Cl)c(Br)cc1Cl. The van der Waals surface area contributed by atoms with Crippen LogP contribution in [0.25, 0.3) is 0 Å². The molecule has 3 atom stereocenters. The van der Waals surface area contributed by atoms with Crippen molar-refractivity contribution in [3.63, 3.8) is 0 Å². The Labute approximate surface area is 123 Å². The minimum Gasteiger partial charge on any atom is -0.486 e. The van der Waals surface area contributed by atoms with Gasteiger partial charge in [-0.25, -0.2) is 0 Å². The molecule has 1 aromatic rings. The van der Waals surface area contributed by atoms with Crippen LogP contribution >= 0.6 is 50.7 Å². The Morgan fingerprint density at radius 3 is 2.59 bits per heavy atom. The van der Waals surface area contributed by atoms with Crippen molar-refractivity contribution in [1.82, 2.24) is 0 Å². The second-order valence-corrected chi connectivity index (χ2v) is 6.03. The molecule has 0 saturated heterocycles. The van der Waals surface area contributed by atoms with E-state index in [0.29, 0.717) is 15.8 Å². The molecule has 1 saturated carbocycles. The van der Waals surface area contributed by atoms with E-state index in [9.17, 15) is 0 Å². The maximum Gasteiger partial charge on any atom is 0.140 e. The molecule has 1 fully saturated rings. The van der Waals surface area contributed by atoms with Crippen molar-refractivity contribution in [2.45, 2.75) is 24.0 Å². The predicted molar refractivity (Wildman–Crippen MR) is 73.6 cm³/mol. The highest BCUT2D eigenvalue weighted by molar-refractivity contribution is 9.10. The molecule has 1 aliphatic carbocycles. The third-order valence-electron chi connectivity index (χ3n) is 2.71. The molecule has 0 spiro atoms. The van der Waals surface area contributed by atoms with Gasteiger partial charge < -0.3 is 9.47 Å². The fourth-order valence-corrected chi connectivity index (χ4v) is 2.98. The van der Waals surface area contributed by atoms with Crippen molar-refractivity contribution in [3.8, 4) is 5.75 Å². The van der Waals surface area contributed by atoms with Gasteiger partial charge in [0.05, 0.1) is 15.4 Å². The molecule has 94 valence electrons. The van der Waals surface area contributed by atoms with Gasteiger partial charge in [-0.3, -0.25) is 0 Å². The maximum absolute atomic E-state index is 6.07. The first kappa shape index (κ1) is 13.8. The Kier molecular flexibility index (Phi) is 4.48. The Balaban J connectivity index is 2.12. The second-order valence-electron chi connectivity index (χ2n) is 3.81. The Hall–Kier alpha value is 0.330. The lowest BCUT2D eigenvalue weighted by atomic mass is 9.91. The third-order valence-corrected chi connectivity index (χ3v) is 4.62. The lowest BCUT2D eigenvalue weighted by molar-refractivity contribution is -0.0583. The van der Waals surface area contributed by atoms with Gasteiger partial charge >= 0.3 is 0 Å². The lowest BCUT2D eigenvalue weighted by Crippen LogP contribution is -2.52. The number of halogens is 4. The highest BCUT2D eigenvalue weighted by atomic mass is 79.9. The summed E-state index contributed by atoms with van der Waals surface area (Å²) < 4.78 is 11.7. The van der Waals surface area contributed by atoms with Gasteiger partial charge in [0.25, 0.3) is 0 Å². The van der Waals surface area contributed by atoms with E-state index in [1.54, 1.807) is 19.2 Å². The van der Waals surface area contributed by atoms with Crippen LogP contribution in [0.4, 0.5) is 0 Å². The number of hydrogen-bond acceptors (Lipinski definition) is 2. The van der Waals surface area contributed by atoms with E-state index in [4.69, 9.17) is 44.3 Å². The summed E-state index contributed by atoms with van der Waals surface area (Å²) in [5, 5.41) is 1.06. The largest absolute Gasteiger partial charge is 0.486 e. The van der Waals surface area contributed by atoms with Gasteiger partial charge in [-0.15, -0.1) is 11.6 Å². The molecule has 0 bridgehead atoms.